The Morgan fingerprint density at radius 1 is 1.29 bits per heavy atom. The molecule has 0 saturated heterocycles. The van der Waals surface area contributed by atoms with Crippen molar-refractivity contribution in [2.45, 2.75) is 26.8 Å². The Kier molecular flexibility index (Phi) is 7.71. The molecule has 4 N–H and O–H groups in total. The molecule has 31 heavy (non-hydrogen) atoms. The van der Waals surface area contributed by atoms with E-state index in [1.54, 1.807) is 53.2 Å². The van der Waals surface area contributed by atoms with E-state index in [1.165, 1.54) is 17.0 Å². The number of fused-ring (bicyclic) bond motifs is 1. The maximum absolute atomic E-state index is 12.8. The third-order valence-electron chi connectivity index (χ3n) is 4.78. The van der Waals surface area contributed by atoms with E-state index in [0.717, 1.165) is 11.3 Å². The van der Waals surface area contributed by atoms with Crippen LogP contribution in [0.15, 0.2) is 30.5 Å². The number of carbonyl (C=O) groups excluding carboxylic acids is 3. The third kappa shape index (κ3) is 5.37. The van der Waals surface area contributed by atoms with Gasteiger partial charge in [0, 0.05) is 42.8 Å². The van der Waals surface area contributed by atoms with Gasteiger partial charge in [0.25, 0.3) is 11.8 Å². The molecule has 2 aromatic rings. The fourth-order valence-electron chi connectivity index (χ4n) is 3.18. The Bertz CT molecular complexity index is 1010. The van der Waals surface area contributed by atoms with Crippen molar-refractivity contribution in [2.75, 3.05) is 26.0 Å². The molecule has 1 aliphatic heterocycles. The van der Waals surface area contributed by atoms with Gasteiger partial charge in [0.15, 0.2) is 0 Å². The highest BCUT2D eigenvalue weighted by Crippen LogP contribution is 2.31. The zero-order chi connectivity index (χ0) is 23.3. The Morgan fingerprint density at radius 2 is 1.97 bits per heavy atom. The van der Waals surface area contributed by atoms with Gasteiger partial charge in [-0.3, -0.25) is 14.4 Å². The van der Waals surface area contributed by atoms with Crippen LogP contribution in [0, 0.1) is 19.7 Å². The maximum atomic E-state index is 12.8. The van der Waals surface area contributed by atoms with Crippen LogP contribution < -0.4 is 10.6 Å². The molecule has 1 atom stereocenters. The summed E-state index contributed by atoms with van der Waals surface area (Å²) in [5, 5.41) is 14.3. The van der Waals surface area contributed by atoms with Crippen LogP contribution >= 0.6 is 0 Å². The van der Waals surface area contributed by atoms with Crippen LogP contribution in [-0.2, 0) is 9.59 Å². The quantitative estimate of drug-likeness (QED) is 0.556. The van der Waals surface area contributed by atoms with Gasteiger partial charge in [-0.1, -0.05) is 6.08 Å². The van der Waals surface area contributed by atoms with Gasteiger partial charge >= 0.3 is 0 Å². The molecule has 0 aliphatic carbocycles. The van der Waals surface area contributed by atoms with Gasteiger partial charge in [-0.25, -0.2) is 4.39 Å². The lowest BCUT2D eigenvalue weighted by atomic mass is 10.1. The SMILES string of the molecule is C/C=C1\C(=O)Nc2ccc(F)cc21.Cc1c[nH]c(C)c1C(=O)NC(CO)C(=O)N(C)C. The van der Waals surface area contributed by atoms with Crippen molar-refractivity contribution < 1.29 is 23.9 Å². The number of rotatable bonds is 4. The predicted octanol–water partition coefficient (Wildman–Crippen LogP) is 1.99. The smallest absolute Gasteiger partial charge is 0.256 e. The number of hydrogen-bond acceptors (Lipinski definition) is 4. The molecule has 3 amide bonds. The van der Waals surface area contributed by atoms with Crippen molar-refractivity contribution in [3.8, 4) is 0 Å². The predicted molar refractivity (Wildman–Crippen MR) is 116 cm³/mol. The number of aryl methyl sites for hydroxylation is 2. The van der Waals surface area contributed by atoms with Gasteiger partial charge in [0.1, 0.15) is 11.9 Å². The molecule has 0 radical (unpaired) electrons. The van der Waals surface area contributed by atoms with Crippen LogP contribution in [-0.4, -0.2) is 59.5 Å². The normalized spacial score (nSPS) is 14.3. The van der Waals surface area contributed by atoms with Crippen molar-refractivity contribution in [2.24, 2.45) is 0 Å². The summed E-state index contributed by atoms with van der Waals surface area (Å²) in [6, 6.07) is 3.35. The van der Waals surface area contributed by atoms with E-state index in [2.05, 4.69) is 15.6 Å². The second-order valence-electron chi connectivity index (χ2n) is 7.26. The minimum absolute atomic E-state index is 0.164. The van der Waals surface area contributed by atoms with Gasteiger partial charge in [0.2, 0.25) is 5.91 Å². The maximum Gasteiger partial charge on any atom is 0.256 e. The number of aliphatic hydroxyl groups excluding tert-OH is 1. The van der Waals surface area contributed by atoms with Crippen LogP contribution in [0.4, 0.5) is 10.1 Å². The van der Waals surface area contributed by atoms with Crippen molar-refractivity contribution in [3.63, 3.8) is 0 Å². The van der Waals surface area contributed by atoms with Gasteiger partial charge in [-0.2, -0.15) is 0 Å². The highest BCUT2D eigenvalue weighted by Gasteiger charge is 2.24. The highest BCUT2D eigenvalue weighted by molar-refractivity contribution is 6.31. The Labute approximate surface area is 180 Å². The van der Waals surface area contributed by atoms with Crippen molar-refractivity contribution in [1.82, 2.24) is 15.2 Å². The number of allylic oxidation sites excluding steroid dienone is 1. The third-order valence-corrected chi connectivity index (χ3v) is 4.78. The summed E-state index contributed by atoms with van der Waals surface area (Å²) < 4.78 is 12.8. The molecule has 8 nitrogen and oxygen atoms in total. The van der Waals surface area contributed by atoms with E-state index in [0.29, 0.717) is 22.4 Å². The summed E-state index contributed by atoms with van der Waals surface area (Å²) in [4.78, 5) is 39.3. The van der Waals surface area contributed by atoms with E-state index in [4.69, 9.17) is 5.11 Å². The molecule has 1 aliphatic rings. The van der Waals surface area contributed by atoms with Crippen molar-refractivity contribution in [3.05, 3.63) is 58.7 Å². The fraction of sp³-hybridized carbons (Fsp3) is 0.318. The van der Waals surface area contributed by atoms with E-state index in [9.17, 15) is 18.8 Å². The number of hydrogen-bond donors (Lipinski definition) is 4. The number of anilines is 1. The summed E-state index contributed by atoms with van der Waals surface area (Å²) in [7, 11) is 3.15. The highest BCUT2D eigenvalue weighted by atomic mass is 19.1. The molecular weight excluding hydrogens is 403 g/mol. The molecule has 3 rings (SSSR count). The molecule has 9 heteroatoms. The molecule has 1 aromatic heterocycles. The Balaban J connectivity index is 0.000000231. The average molecular weight is 430 g/mol. The first-order valence-corrected chi connectivity index (χ1v) is 9.65. The zero-order valence-corrected chi connectivity index (χ0v) is 18.2. The van der Waals surface area contributed by atoms with Crippen LogP contribution in [0.1, 0.15) is 34.1 Å². The van der Waals surface area contributed by atoms with Crippen LogP contribution in [0.5, 0.6) is 0 Å². The number of nitrogens with zero attached hydrogens (tertiary/aromatic N) is 1. The van der Waals surface area contributed by atoms with E-state index in [1.807, 2.05) is 0 Å². The molecule has 0 saturated carbocycles. The number of nitrogens with one attached hydrogen (secondary N) is 3. The van der Waals surface area contributed by atoms with E-state index < -0.39 is 12.6 Å². The minimum Gasteiger partial charge on any atom is -0.394 e. The molecule has 0 bridgehead atoms. The number of likely N-dealkylation sites (N-methyl/N-ethyl adjacent to an activating group) is 1. The summed E-state index contributed by atoms with van der Waals surface area (Å²) in [6.45, 7) is 4.92. The Hall–Kier alpha value is -3.46. The number of aromatic amines is 1. The standard InChI is InChI=1S/C12H19N3O3.C10H8FNO/c1-7-5-13-8(2)10(7)11(17)14-9(6-16)12(18)15(3)4;1-2-7-8-5-6(11)3-4-9(8)12-10(7)13/h5,9,13,16H,6H2,1-4H3,(H,14,17);2-5H,1H3,(H,12,13)/b;7-2-. The lowest BCUT2D eigenvalue weighted by molar-refractivity contribution is -0.131. The number of H-pyrrole nitrogens is 1. The molecular formula is C22H27FN4O4. The van der Waals surface area contributed by atoms with Crippen LogP contribution in [0.3, 0.4) is 0 Å². The molecule has 0 fully saturated rings. The number of halogens is 1. The van der Waals surface area contributed by atoms with Gasteiger partial charge in [-0.05, 0) is 44.5 Å². The van der Waals surface area contributed by atoms with Crippen LogP contribution in [0.2, 0.25) is 0 Å². The number of amides is 3. The second-order valence-corrected chi connectivity index (χ2v) is 7.26. The molecule has 1 aromatic carbocycles. The number of aromatic nitrogens is 1. The molecule has 1 unspecified atom stereocenters. The number of aliphatic hydroxyl groups is 1. The average Bonchev–Trinajstić information content (AvgIpc) is 3.22. The van der Waals surface area contributed by atoms with Crippen molar-refractivity contribution in [1.29, 1.82) is 0 Å². The summed E-state index contributed by atoms with van der Waals surface area (Å²) >= 11 is 0. The largest absolute Gasteiger partial charge is 0.394 e. The van der Waals surface area contributed by atoms with Gasteiger partial charge in [0.05, 0.1) is 12.2 Å². The summed E-state index contributed by atoms with van der Waals surface area (Å²) in [6.07, 6.45) is 3.41. The topological polar surface area (TPSA) is 115 Å². The first kappa shape index (κ1) is 23.8. The zero-order valence-electron chi connectivity index (χ0n) is 18.2. The first-order chi connectivity index (χ1) is 14.6. The monoisotopic (exact) mass is 430 g/mol. The van der Waals surface area contributed by atoms with Gasteiger partial charge in [-0.15, -0.1) is 0 Å². The van der Waals surface area contributed by atoms with Gasteiger partial charge < -0.3 is 25.6 Å². The van der Waals surface area contributed by atoms with E-state index >= 15 is 0 Å². The van der Waals surface area contributed by atoms with Crippen molar-refractivity contribution >= 4 is 29.0 Å². The number of carbonyl (C=O) groups is 3. The summed E-state index contributed by atoms with van der Waals surface area (Å²) in [5.41, 5.74) is 3.92. The number of benzene rings is 1. The summed E-state index contributed by atoms with van der Waals surface area (Å²) in [5.74, 6) is -1.19. The lowest BCUT2D eigenvalue weighted by Crippen LogP contribution is -2.48. The fourth-order valence-corrected chi connectivity index (χ4v) is 3.18. The first-order valence-electron chi connectivity index (χ1n) is 9.65. The van der Waals surface area contributed by atoms with Crippen LogP contribution in [0.25, 0.3) is 5.57 Å². The molecule has 166 valence electrons. The Morgan fingerprint density at radius 3 is 2.48 bits per heavy atom. The molecule has 2 heterocycles. The molecule has 0 spiro atoms. The second kappa shape index (κ2) is 10.0. The van der Waals surface area contributed by atoms with E-state index in [-0.39, 0.29) is 23.5 Å². The lowest BCUT2D eigenvalue weighted by Gasteiger charge is -2.19. The minimum atomic E-state index is -0.916.